The fourth-order valence-electron chi connectivity index (χ4n) is 3.05. The molecule has 1 aliphatic heterocycles. The summed E-state index contributed by atoms with van der Waals surface area (Å²) in [6.07, 6.45) is -0.319. The Labute approximate surface area is 143 Å². The number of ether oxygens (including phenoxy) is 1. The van der Waals surface area contributed by atoms with Crippen LogP contribution in [0.4, 0.5) is 4.39 Å². The highest BCUT2D eigenvalue weighted by atomic mass is 19.1. The molecule has 0 saturated carbocycles. The van der Waals surface area contributed by atoms with Crippen LogP contribution >= 0.6 is 0 Å². The monoisotopic (exact) mass is 340 g/mol. The van der Waals surface area contributed by atoms with Gasteiger partial charge in [-0.3, -0.25) is 4.79 Å². The van der Waals surface area contributed by atoms with Gasteiger partial charge in [-0.05, 0) is 29.8 Å². The van der Waals surface area contributed by atoms with Crippen molar-refractivity contribution in [2.75, 3.05) is 19.7 Å². The summed E-state index contributed by atoms with van der Waals surface area (Å²) in [5, 5.41) is 8.12. The van der Waals surface area contributed by atoms with E-state index in [1.807, 2.05) is 30.3 Å². The first-order chi connectivity index (χ1) is 12.2. The van der Waals surface area contributed by atoms with Crippen LogP contribution in [0, 0.1) is 5.82 Å². The smallest absolute Gasteiger partial charge is 0.244 e. The van der Waals surface area contributed by atoms with Crippen molar-refractivity contribution >= 4 is 16.9 Å². The van der Waals surface area contributed by atoms with E-state index in [0.717, 1.165) is 16.6 Å². The van der Waals surface area contributed by atoms with Crippen LogP contribution in [0.2, 0.25) is 0 Å². The summed E-state index contributed by atoms with van der Waals surface area (Å²) in [5.41, 5.74) is 2.32. The Kier molecular flexibility index (Phi) is 4.15. The molecule has 2 aromatic carbocycles. The number of hydrogen-bond donors (Lipinski definition) is 0. The molecule has 1 saturated heterocycles. The molecule has 7 heteroatoms. The molecule has 1 atom stereocenters. The zero-order valence-corrected chi connectivity index (χ0v) is 13.5. The van der Waals surface area contributed by atoms with E-state index in [4.69, 9.17) is 4.74 Å². The van der Waals surface area contributed by atoms with E-state index in [2.05, 4.69) is 10.3 Å². The summed E-state index contributed by atoms with van der Waals surface area (Å²) >= 11 is 0. The topological polar surface area (TPSA) is 60.2 Å². The second kappa shape index (κ2) is 6.60. The van der Waals surface area contributed by atoms with Gasteiger partial charge in [0, 0.05) is 6.54 Å². The lowest BCUT2D eigenvalue weighted by Gasteiger charge is -2.33. The minimum absolute atomic E-state index is 0.0552. The zero-order chi connectivity index (χ0) is 17.2. The maximum absolute atomic E-state index is 13.4. The molecule has 25 heavy (non-hydrogen) atoms. The number of fused-ring (bicyclic) bond motifs is 1. The first kappa shape index (κ1) is 15.7. The van der Waals surface area contributed by atoms with Crippen molar-refractivity contribution in [2.45, 2.75) is 12.6 Å². The quantitative estimate of drug-likeness (QED) is 0.733. The Balaban J connectivity index is 1.48. The van der Waals surface area contributed by atoms with E-state index in [1.165, 1.54) is 12.1 Å². The summed E-state index contributed by atoms with van der Waals surface area (Å²) in [4.78, 5) is 14.4. The number of amides is 1. The fraction of sp³-hybridized carbons (Fsp3) is 0.278. The average molecular weight is 340 g/mol. The Morgan fingerprint density at radius 2 is 2.12 bits per heavy atom. The van der Waals surface area contributed by atoms with E-state index in [1.54, 1.807) is 15.6 Å². The normalized spacial score (nSPS) is 17.8. The van der Waals surface area contributed by atoms with Gasteiger partial charge in [0.15, 0.2) is 0 Å². The van der Waals surface area contributed by atoms with E-state index in [9.17, 15) is 9.18 Å². The third-order valence-electron chi connectivity index (χ3n) is 4.34. The van der Waals surface area contributed by atoms with Crippen molar-refractivity contribution < 1.29 is 13.9 Å². The molecule has 1 aromatic heterocycles. The molecule has 2 heterocycles. The molecule has 128 valence electrons. The van der Waals surface area contributed by atoms with Gasteiger partial charge >= 0.3 is 0 Å². The zero-order valence-electron chi connectivity index (χ0n) is 13.5. The van der Waals surface area contributed by atoms with Crippen LogP contribution in [0.25, 0.3) is 11.0 Å². The molecule has 0 unspecified atom stereocenters. The molecule has 1 amide bonds. The second-order valence-electron chi connectivity index (χ2n) is 5.99. The highest BCUT2D eigenvalue weighted by Gasteiger charge is 2.26. The Morgan fingerprint density at radius 1 is 1.24 bits per heavy atom. The van der Waals surface area contributed by atoms with Gasteiger partial charge in [0.2, 0.25) is 5.91 Å². The van der Waals surface area contributed by atoms with Gasteiger partial charge in [-0.1, -0.05) is 29.5 Å². The summed E-state index contributed by atoms with van der Waals surface area (Å²) in [5.74, 6) is -0.362. The highest BCUT2D eigenvalue weighted by molar-refractivity contribution is 5.79. The Morgan fingerprint density at radius 3 is 3.00 bits per heavy atom. The van der Waals surface area contributed by atoms with Crippen molar-refractivity contribution in [3.8, 4) is 0 Å². The summed E-state index contributed by atoms with van der Waals surface area (Å²) in [6, 6.07) is 13.8. The molecular formula is C18H17FN4O2. The molecule has 0 spiro atoms. The van der Waals surface area contributed by atoms with Gasteiger partial charge in [0.25, 0.3) is 0 Å². The number of halogens is 1. The fourth-order valence-corrected chi connectivity index (χ4v) is 3.05. The third kappa shape index (κ3) is 3.23. The molecule has 0 aliphatic carbocycles. The van der Waals surface area contributed by atoms with Crippen molar-refractivity contribution in [1.29, 1.82) is 0 Å². The summed E-state index contributed by atoms with van der Waals surface area (Å²) in [6.45, 7) is 1.45. The molecular weight excluding hydrogens is 323 g/mol. The number of benzene rings is 2. The maximum Gasteiger partial charge on any atom is 0.244 e. The van der Waals surface area contributed by atoms with Crippen molar-refractivity contribution in [1.82, 2.24) is 19.9 Å². The Hall–Kier alpha value is -2.80. The summed E-state index contributed by atoms with van der Waals surface area (Å²) < 4.78 is 20.7. The maximum atomic E-state index is 13.4. The summed E-state index contributed by atoms with van der Waals surface area (Å²) in [7, 11) is 0. The molecule has 0 radical (unpaired) electrons. The minimum atomic E-state index is -0.319. The largest absolute Gasteiger partial charge is 0.370 e. The first-order valence-corrected chi connectivity index (χ1v) is 8.14. The molecule has 1 fully saturated rings. The van der Waals surface area contributed by atoms with Crippen molar-refractivity contribution in [3.63, 3.8) is 0 Å². The SMILES string of the molecule is O=C(Cn1nnc2ccccc21)N1CCO[C@H](c2cccc(F)c2)C1. The lowest BCUT2D eigenvalue weighted by Crippen LogP contribution is -2.43. The molecule has 4 rings (SSSR count). The lowest BCUT2D eigenvalue weighted by molar-refractivity contribution is -0.139. The van der Waals surface area contributed by atoms with Gasteiger partial charge in [0.05, 0.1) is 18.7 Å². The number of rotatable bonds is 3. The molecule has 6 nitrogen and oxygen atoms in total. The lowest BCUT2D eigenvalue weighted by atomic mass is 10.1. The third-order valence-corrected chi connectivity index (χ3v) is 4.34. The number of aromatic nitrogens is 3. The van der Waals surface area contributed by atoms with Gasteiger partial charge in [0.1, 0.15) is 24.0 Å². The van der Waals surface area contributed by atoms with Crippen LogP contribution in [-0.2, 0) is 16.1 Å². The van der Waals surface area contributed by atoms with Crippen LogP contribution in [-0.4, -0.2) is 45.5 Å². The predicted molar refractivity (Wildman–Crippen MR) is 89.2 cm³/mol. The van der Waals surface area contributed by atoms with Gasteiger partial charge in [-0.15, -0.1) is 5.10 Å². The number of carbonyl (C=O) groups excluding carboxylic acids is 1. The van der Waals surface area contributed by atoms with Gasteiger partial charge < -0.3 is 9.64 Å². The first-order valence-electron chi connectivity index (χ1n) is 8.14. The van der Waals surface area contributed by atoms with Gasteiger partial charge in [-0.2, -0.15) is 0 Å². The van der Waals surface area contributed by atoms with Crippen LogP contribution in [0.1, 0.15) is 11.7 Å². The van der Waals surface area contributed by atoms with E-state index in [0.29, 0.717) is 19.7 Å². The van der Waals surface area contributed by atoms with Crippen LogP contribution in [0.15, 0.2) is 48.5 Å². The highest BCUT2D eigenvalue weighted by Crippen LogP contribution is 2.23. The molecule has 0 bridgehead atoms. The van der Waals surface area contributed by atoms with Crippen LogP contribution in [0.5, 0.6) is 0 Å². The number of para-hydroxylation sites is 1. The number of morpholine rings is 1. The van der Waals surface area contributed by atoms with E-state index in [-0.39, 0.29) is 24.4 Å². The number of carbonyl (C=O) groups is 1. The Bertz CT molecular complexity index is 911. The number of hydrogen-bond acceptors (Lipinski definition) is 4. The average Bonchev–Trinajstić information content (AvgIpc) is 3.05. The van der Waals surface area contributed by atoms with Crippen molar-refractivity contribution in [3.05, 3.63) is 59.9 Å². The molecule has 1 aliphatic rings. The standard InChI is InChI=1S/C18H17FN4O2/c19-14-5-3-4-13(10-14)17-11-22(8-9-25-17)18(24)12-23-16-7-2-1-6-15(16)20-21-23/h1-7,10,17H,8-9,11-12H2/t17-/m0/s1. The predicted octanol–water partition coefficient (Wildman–Crippen LogP) is 2.17. The van der Waals surface area contributed by atoms with Crippen molar-refractivity contribution in [2.24, 2.45) is 0 Å². The molecule has 0 N–H and O–H groups in total. The van der Waals surface area contributed by atoms with E-state index < -0.39 is 0 Å². The van der Waals surface area contributed by atoms with Crippen LogP contribution < -0.4 is 0 Å². The minimum Gasteiger partial charge on any atom is -0.370 e. The number of nitrogens with zero attached hydrogens (tertiary/aromatic N) is 4. The van der Waals surface area contributed by atoms with Gasteiger partial charge in [-0.25, -0.2) is 9.07 Å². The van der Waals surface area contributed by atoms with E-state index >= 15 is 0 Å². The van der Waals surface area contributed by atoms with Crippen LogP contribution in [0.3, 0.4) is 0 Å². The second-order valence-corrected chi connectivity index (χ2v) is 5.99. The molecule has 3 aromatic rings.